The predicted molar refractivity (Wildman–Crippen MR) is 125 cm³/mol. The Morgan fingerprint density at radius 3 is 2.68 bits per heavy atom. The van der Waals surface area contributed by atoms with E-state index < -0.39 is 5.97 Å². The Bertz CT molecular complexity index is 959. The first-order valence-corrected chi connectivity index (χ1v) is 12.3. The van der Waals surface area contributed by atoms with E-state index in [0.717, 1.165) is 21.1 Å². The molecule has 1 aromatic carbocycles. The number of halogens is 1. The standard InChI is InChI=1S/C22H25ClN2O4S2/c1-3-29-22(28)20-17-10-11-25(14(2)26)13-18(17)31-21(20)24-19(27)5-4-12-30-16-8-6-15(23)7-9-16/h6-9H,3-5,10-13H2,1-2H3,(H,24,27). The maximum atomic E-state index is 12.6. The van der Waals surface area contributed by atoms with Gasteiger partial charge in [-0.25, -0.2) is 4.79 Å². The number of fused-ring (bicyclic) bond motifs is 1. The second-order valence-corrected chi connectivity index (χ2v) is 9.78. The van der Waals surface area contributed by atoms with Crippen molar-refractivity contribution in [3.05, 3.63) is 45.3 Å². The van der Waals surface area contributed by atoms with Crippen LogP contribution in [0.15, 0.2) is 29.2 Å². The zero-order chi connectivity index (χ0) is 22.4. The fourth-order valence-electron chi connectivity index (χ4n) is 3.32. The van der Waals surface area contributed by atoms with Gasteiger partial charge in [0.05, 0.1) is 18.7 Å². The second kappa shape index (κ2) is 11.0. The fraction of sp³-hybridized carbons (Fsp3) is 0.409. The second-order valence-electron chi connectivity index (χ2n) is 7.07. The van der Waals surface area contributed by atoms with Crippen molar-refractivity contribution in [2.24, 2.45) is 0 Å². The molecule has 0 unspecified atom stereocenters. The molecule has 0 aliphatic carbocycles. The molecule has 31 heavy (non-hydrogen) atoms. The van der Waals surface area contributed by atoms with E-state index in [9.17, 15) is 14.4 Å². The number of carbonyl (C=O) groups is 3. The lowest BCUT2D eigenvalue weighted by atomic mass is 10.0. The molecule has 2 amide bonds. The molecular weight excluding hydrogens is 456 g/mol. The van der Waals surface area contributed by atoms with Crippen molar-refractivity contribution >= 4 is 57.5 Å². The summed E-state index contributed by atoms with van der Waals surface area (Å²) >= 11 is 8.92. The molecule has 0 fully saturated rings. The van der Waals surface area contributed by atoms with Gasteiger partial charge in [-0.1, -0.05) is 11.6 Å². The molecule has 2 aromatic rings. The van der Waals surface area contributed by atoms with Crippen LogP contribution in [-0.4, -0.2) is 41.6 Å². The van der Waals surface area contributed by atoms with Gasteiger partial charge in [0.25, 0.3) is 0 Å². The molecule has 0 atom stereocenters. The zero-order valence-electron chi connectivity index (χ0n) is 17.5. The molecule has 0 saturated heterocycles. The quantitative estimate of drug-likeness (QED) is 0.327. The average molecular weight is 481 g/mol. The summed E-state index contributed by atoms with van der Waals surface area (Å²) in [5, 5.41) is 4.12. The first-order valence-electron chi connectivity index (χ1n) is 10.1. The average Bonchev–Trinajstić information content (AvgIpc) is 3.09. The van der Waals surface area contributed by atoms with Crippen molar-refractivity contribution in [3.63, 3.8) is 0 Å². The summed E-state index contributed by atoms with van der Waals surface area (Å²) in [4.78, 5) is 40.6. The van der Waals surface area contributed by atoms with Crippen molar-refractivity contribution in [2.45, 2.75) is 44.6 Å². The number of hydrogen-bond donors (Lipinski definition) is 1. The topological polar surface area (TPSA) is 75.7 Å². The lowest BCUT2D eigenvalue weighted by molar-refractivity contribution is -0.129. The molecule has 0 spiro atoms. The summed E-state index contributed by atoms with van der Waals surface area (Å²) in [6.07, 6.45) is 1.63. The van der Waals surface area contributed by atoms with Crippen LogP contribution in [0.1, 0.15) is 47.5 Å². The third-order valence-electron chi connectivity index (χ3n) is 4.87. The molecule has 0 saturated carbocycles. The Balaban J connectivity index is 1.62. The van der Waals surface area contributed by atoms with E-state index in [-0.39, 0.29) is 18.4 Å². The van der Waals surface area contributed by atoms with E-state index in [0.29, 0.717) is 47.9 Å². The minimum absolute atomic E-state index is 0.000470. The van der Waals surface area contributed by atoms with Crippen molar-refractivity contribution in [2.75, 3.05) is 24.2 Å². The van der Waals surface area contributed by atoms with Gasteiger partial charge in [0, 0.05) is 34.7 Å². The number of thioether (sulfide) groups is 1. The molecule has 2 heterocycles. The Hall–Kier alpha value is -2.03. The Morgan fingerprint density at radius 1 is 1.26 bits per heavy atom. The number of benzene rings is 1. The third-order valence-corrected chi connectivity index (χ3v) is 7.35. The molecule has 9 heteroatoms. The van der Waals surface area contributed by atoms with Crippen LogP contribution in [0.5, 0.6) is 0 Å². The van der Waals surface area contributed by atoms with E-state index >= 15 is 0 Å². The van der Waals surface area contributed by atoms with Crippen LogP contribution in [-0.2, 0) is 27.3 Å². The molecule has 0 bridgehead atoms. The van der Waals surface area contributed by atoms with Crippen LogP contribution in [0.2, 0.25) is 5.02 Å². The number of amides is 2. The number of anilines is 1. The summed E-state index contributed by atoms with van der Waals surface area (Å²) in [6.45, 7) is 4.56. The lowest BCUT2D eigenvalue weighted by Crippen LogP contribution is -2.34. The minimum Gasteiger partial charge on any atom is -0.462 e. The SMILES string of the molecule is CCOC(=O)c1c(NC(=O)CCCSc2ccc(Cl)cc2)sc2c1CCN(C(C)=O)C2. The first-order chi connectivity index (χ1) is 14.9. The number of nitrogens with zero attached hydrogens (tertiary/aromatic N) is 1. The lowest BCUT2D eigenvalue weighted by Gasteiger charge is -2.25. The fourth-order valence-corrected chi connectivity index (χ4v) is 5.57. The highest BCUT2D eigenvalue weighted by Crippen LogP contribution is 2.38. The van der Waals surface area contributed by atoms with Gasteiger partial charge in [-0.2, -0.15) is 0 Å². The van der Waals surface area contributed by atoms with Crippen LogP contribution in [0.25, 0.3) is 0 Å². The van der Waals surface area contributed by atoms with Gasteiger partial charge in [0.1, 0.15) is 5.00 Å². The smallest absolute Gasteiger partial charge is 0.341 e. The van der Waals surface area contributed by atoms with E-state index in [1.54, 1.807) is 23.6 Å². The Labute approximate surface area is 195 Å². The number of rotatable bonds is 8. The van der Waals surface area contributed by atoms with Gasteiger partial charge in [-0.3, -0.25) is 9.59 Å². The summed E-state index contributed by atoms with van der Waals surface area (Å²) < 4.78 is 5.23. The van der Waals surface area contributed by atoms with E-state index in [2.05, 4.69) is 5.32 Å². The molecule has 1 N–H and O–H groups in total. The van der Waals surface area contributed by atoms with Crippen LogP contribution >= 0.6 is 34.7 Å². The number of esters is 1. The number of carbonyl (C=O) groups excluding carboxylic acids is 3. The monoisotopic (exact) mass is 480 g/mol. The predicted octanol–water partition coefficient (Wildman–Crippen LogP) is 4.99. The van der Waals surface area contributed by atoms with Gasteiger partial charge in [-0.15, -0.1) is 23.1 Å². The first kappa shape index (κ1) is 23.6. The van der Waals surface area contributed by atoms with E-state index in [1.807, 2.05) is 24.3 Å². The van der Waals surface area contributed by atoms with Gasteiger partial charge >= 0.3 is 5.97 Å². The number of thiophene rings is 1. The van der Waals surface area contributed by atoms with Gasteiger partial charge < -0.3 is 15.0 Å². The summed E-state index contributed by atoms with van der Waals surface area (Å²) in [5.41, 5.74) is 1.32. The molecule has 1 aromatic heterocycles. The normalized spacial score (nSPS) is 12.9. The molecular formula is C22H25ClN2O4S2. The minimum atomic E-state index is -0.426. The molecule has 0 radical (unpaired) electrons. The van der Waals surface area contributed by atoms with E-state index in [1.165, 1.54) is 18.3 Å². The summed E-state index contributed by atoms with van der Waals surface area (Å²) in [5.74, 6) is 0.239. The molecule has 3 rings (SSSR count). The third kappa shape index (κ3) is 6.24. The van der Waals surface area contributed by atoms with Crippen molar-refractivity contribution in [1.29, 1.82) is 0 Å². The van der Waals surface area contributed by atoms with Crippen LogP contribution in [0.4, 0.5) is 5.00 Å². The van der Waals surface area contributed by atoms with Crippen LogP contribution in [0, 0.1) is 0 Å². The van der Waals surface area contributed by atoms with Crippen LogP contribution < -0.4 is 5.32 Å². The molecule has 6 nitrogen and oxygen atoms in total. The highest BCUT2D eigenvalue weighted by Gasteiger charge is 2.30. The van der Waals surface area contributed by atoms with Gasteiger partial charge in [-0.05, 0) is 55.3 Å². The van der Waals surface area contributed by atoms with Crippen molar-refractivity contribution < 1.29 is 19.1 Å². The largest absolute Gasteiger partial charge is 0.462 e. The maximum Gasteiger partial charge on any atom is 0.341 e. The van der Waals surface area contributed by atoms with Gasteiger partial charge in [0.15, 0.2) is 0 Å². The van der Waals surface area contributed by atoms with Crippen LogP contribution in [0.3, 0.4) is 0 Å². The number of hydrogen-bond acceptors (Lipinski definition) is 6. The summed E-state index contributed by atoms with van der Waals surface area (Å²) in [6, 6.07) is 7.61. The summed E-state index contributed by atoms with van der Waals surface area (Å²) in [7, 11) is 0. The Morgan fingerprint density at radius 2 is 2.00 bits per heavy atom. The maximum absolute atomic E-state index is 12.6. The number of nitrogens with one attached hydrogen (secondary N) is 1. The Kier molecular flexibility index (Phi) is 8.40. The van der Waals surface area contributed by atoms with E-state index in [4.69, 9.17) is 16.3 Å². The highest BCUT2D eigenvalue weighted by atomic mass is 35.5. The number of ether oxygens (including phenoxy) is 1. The molecule has 166 valence electrons. The van der Waals surface area contributed by atoms with Crippen molar-refractivity contribution in [1.82, 2.24) is 4.90 Å². The molecule has 1 aliphatic heterocycles. The van der Waals surface area contributed by atoms with Gasteiger partial charge in [0.2, 0.25) is 11.8 Å². The highest BCUT2D eigenvalue weighted by molar-refractivity contribution is 7.99. The zero-order valence-corrected chi connectivity index (χ0v) is 19.9. The molecule has 1 aliphatic rings. The van der Waals surface area contributed by atoms with Crippen molar-refractivity contribution in [3.8, 4) is 0 Å².